The summed E-state index contributed by atoms with van der Waals surface area (Å²) >= 11 is 0. The Labute approximate surface area is 190 Å². The molecule has 0 radical (unpaired) electrons. The molecule has 0 aliphatic carbocycles. The van der Waals surface area contributed by atoms with Crippen LogP contribution >= 0.6 is 0 Å². The number of nitro groups is 2. The van der Waals surface area contributed by atoms with Crippen molar-refractivity contribution in [2.75, 3.05) is 5.73 Å². The summed E-state index contributed by atoms with van der Waals surface area (Å²) in [6, 6.07) is 11.2. The summed E-state index contributed by atoms with van der Waals surface area (Å²) in [6.07, 6.45) is 0. The molecular weight excluding hydrogens is 444 g/mol. The summed E-state index contributed by atoms with van der Waals surface area (Å²) in [5.41, 5.74) is 8.92. The van der Waals surface area contributed by atoms with Crippen LogP contribution in [0.1, 0.15) is 11.4 Å². The fourth-order valence-corrected chi connectivity index (χ4v) is 3.06. The van der Waals surface area contributed by atoms with Crippen LogP contribution in [0.4, 0.5) is 39.9 Å². The zero-order chi connectivity index (χ0) is 24.4. The lowest BCUT2D eigenvalue weighted by molar-refractivity contribution is -0.385. The fraction of sp³-hybridized carbons (Fsp3) is 0.100. The second-order valence-corrected chi connectivity index (χ2v) is 7.05. The van der Waals surface area contributed by atoms with E-state index in [-0.39, 0.29) is 22.9 Å². The summed E-state index contributed by atoms with van der Waals surface area (Å²) in [5, 5.41) is 42.4. The van der Waals surface area contributed by atoms with Gasteiger partial charge in [0.2, 0.25) is 0 Å². The number of nitrogens with two attached hydrogens (primary N) is 1. The zero-order valence-corrected chi connectivity index (χ0v) is 17.9. The van der Waals surface area contributed by atoms with Gasteiger partial charge in [0.25, 0.3) is 11.4 Å². The molecule has 4 aromatic rings. The molecule has 2 aromatic heterocycles. The highest BCUT2D eigenvalue weighted by atomic mass is 16.6. The third-order valence-corrected chi connectivity index (χ3v) is 4.79. The Morgan fingerprint density at radius 1 is 0.794 bits per heavy atom. The molecule has 2 aromatic carbocycles. The first-order valence-corrected chi connectivity index (χ1v) is 9.72. The molecule has 0 saturated heterocycles. The number of aryl methyl sites for hydroxylation is 2. The zero-order valence-electron chi connectivity index (χ0n) is 17.9. The number of nitro benzene ring substituents is 2. The SMILES string of the molecule is Cc1nc2c(N=Nc3ccc([N+](=O)[O-])cc3)c(N)nn2c(C)c1N=Nc1ccc([N+](=O)[O-])cc1. The number of nitrogen functional groups attached to an aromatic ring is 1. The molecule has 2 heterocycles. The third kappa shape index (κ3) is 4.27. The molecule has 0 aliphatic rings. The minimum Gasteiger partial charge on any atom is -0.380 e. The van der Waals surface area contributed by atoms with Gasteiger partial charge in [-0.3, -0.25) is 20.2 Å². The number of azo groups is 2. The number of rotatable bonds is 6. The summed E-state index contributed by atoms with van der Waals surface area (Å²) in [7, 11) is 0. The molecule has 14 nitrogen and oxygen atoms in total. The lowest BCUT2D eigenvalue weighted by atomic mass is 10.3. The van der Waals surface area contributed by atoms with Crippen LogP contribution in [-0.4, -0.2) is 24.4 Å². The molecular formula is C20H16N10O4. The maximum atomic E-state index is 10.8. The topological polar surface area (TPSA) is 192 Å². The predicted molar refractivity (Wildman–Crippen MR) is 121 cm³/mol. The summed E-state index contributed by atoms with van der Waals surface area (Å²) in [5.74, 6) is 0.0881. The van der Waals surface area contributed by atoms with Gasteiger partial charge >= 0.3 is 0 Å². The van der Waals surface area contributed by atoms with Crippen molar-refractivity contribution in [1.29, 1.82) is 0 Å². The standard InChI is InChI=1S/C20H16N10O4/c1-11-17(25-23-13-3-7-15(8-4-13)29(31)32)12(2)28-20(22-11)18(19(21)27-28)26-24-14-5-9-16(10-6-14)30(33)34/h3-10H,1-2H3,(H2,21,27). The van der Waals surface area contributed by atoms with Gasteiger partial charge in [-0.05, 0) is 38.1 Å². The number of non-ortho nitro benzene ring substituents is 2. The molecule has 0 atom stereocenters. The molecule has 0 bridgehead atoms. The minimum absolute atomic E-state index is 0.0446. The van der Waals surface area contributed by atoms with Crippen molar-refractivity contribution in [3.05, 3.63) is 80.1 Å². The van der Waals surface area contributed by atoms with Gasteiger partial charge in [0.15, 0.2) is 17.2 Å². The van der Waals surface area contributed by atoms with Gasteiger partial charge in [-0.1, -0.05) is 0 Å². The van der Waals surface area contributed by atoms with Crippen LogP contribution in [0.15, 0.2) is 69.0 Å². The van der Waals surface area contributed by atoms with E-state index in [1.54, 1.807) is 13.8 Å². The van der Waals surface area contributed by atoms with Gasteiger partial charge in [0.05, 0.1) is 32.6 Å². The normalized spacial score (nSPS) is 11.6. The van der Waals surface area contributed by atoms with Gasteiger partial charge in [-0.15, -0.1) is 15.3 Å². The van der Waals surface area contributed by atoms with E-state index >= 15 is 0 Å². The molecule has 0 saturated carbocycles. The number of fused-ring (bicyclic) bond motifs is 1. The van der Waals surface area contributed by atoms with Crippen molar-refractivity contribution in [1.82, 2.24) is 14.6 Å². The summed E-state index contributed by atoms with van der Waals surface area (Å²) < 4.78 is 1.47. The Morgan fingerprint density at radius 2 is 1.26 bits per heavy atom. The number of hydrogen-bond acceptors (Lipinski definition) is 11. The molecule has 4 rings (SSSR count). The smallest absolute Gasteiger partial charge is 0.269 e. The Hall–Kier alpha value is -5.14. The first-order chi connectivity index (χ1) is 16.2. The maximum Gasteiger partial charge on any atom is 0.269 e. The number of nitrogens with zero attached hydrogens (tertiary/aromatic N) is 9. The van der Waals surface area contributed by atoms with Crippen molar-refractivity contribution < 1.29 is 9.85 Å². The lowest BCUT2D eigenvalue weighted by Crippen LogP contribution is -1.99. The van der Waals surface area contributed by atoms with Crippen molar-refractivity contribution in [2.24, 2.45) is 20.5 Å². The highest BCUT2D eigenvalue weighted by Gasteiger charge is 2.17. The molecule has 34 heavy (non-hydrogen) atoms. The number of hydrogen-bond donors (Lipinski definition) is 1. The van der Waals surface area contributed by atoms with Crippen LogP contribution in [0.25, 0.3) is 5.65 Å². The minimum atomic E-state index is -0.504. The average molecular weight is 460 g/mol. The Kier molecular flexibility index (Phi) is 5.70. The van der Waals surface area contributed by atoms with E-state index in [2.05, 4.69) is 30.5 Å². The lowest BCUT2D eigenvalue weighted by Gasteiger charge is -2.05. The predicted octanol–water partition coefficient (Wildman–Crippen LogP) is 5.58. The highest BCUT2D eigenvalue weighted by molar-refractivity contribution is 5.77. The summed E-state index contributed by atoms with van der Waals surface area (Å²) in [4.78, 5) is 25.1. The molecule has 0 fully saturated rings. The van der Waals surface area contributed by atoms with E-state index in [0.29, 0.717) is 34.1 Å². The van der Waals surface area contributed by atoms with E-state index < -0.39 is 9.85 Å². The first kappa shape index (κ1) is 22.1. The largest absolute Gasteiger partial charge is 0.380 e. The maximum absolute atomic E-state index is 10.8. The Balaban J connectivity index is 1.66. The van der Waals surface area contributed by atoms with Crippen molar-refractivity contribution >= 4 is 45.6 Å². The van der Waals surface area contributed by atoms with Crippen LogP contribution in [0.3, 0.4) is 0 Å². The molecule has 0 aliphatic heterocycles. The van der Waals surface area contributed by atoms with E-state index in [1.807, 2.05) is 0 Å². The first-order valence-electron chi connectivity index (χ1n) is 9.72. The quantitative estimate of drug-likeness (QED) is 0.220. The molecule has 14 heteroatoms. The highest BCUT2D eigenvalue weighted by Crippen LogP contribution is 2.33. The van der Waals surface area contributed by atoms with Crippen LogP contribution in [0.2, 0.25) is 0 Å². The number of anilines is 1. The number of aromatic nitrogens is 3. The van der Waals surface area contributed by atoms with E-state index in [4.69, 9.17) is 5.73 Å². The van der Waals surface area contributed by atoms with Crippen LogP contribution < -0.4 is 5.73 Å². The van der Waals surface area contributed by atoms with Gasteiger partial charge in [0.1, 0.15) is 5.69 Å². The Bertz CT molecular complexity index is 1470. The van der Waals surface area contributed by atoms with E-state index in [0.717, 1.165) is 0 Å². The number of benzene rings is 2. The van der Waals surface area contributed by atoms with Gasteiger partial charge in [0, 0.05) is 24.3 Å². The van der Waals surface area contributed by atoms with Gasteiger partial charge in [-0.2, -0.15) is 10.2 Å². The van der Waals surface area contributed by atoms with Crippen LogP contribution in [-0.2, 0) is 0 Å². The van der Waals surface area contributed by atoms with Crippen molar-refractivity contribution in [2.45, 2.75) is 13.8 Å². The van der Waals surface area contributed by atoms with Gasteiger partial charge < -0.3 is 5.73 Å². The van der Waals surface area contributed by atoms with E-state index in [1.165, 1.54) is 53.0 Å². The van der Waals surface area contributed by atoms with Gasteiger partial charge in [-0.25, -0.2) is 9.50 Å². The monoisotopic (exact) mass is 460 g/mol. The molecule has 2 N–H and O–H groups in total. The van der Waals surface area contributed by atoms with Crippen molar-refractivity contribution in [3.63, 3.8) is 0 Å². The van der Waals surface area contributed by atoms with Crippen LogP contribution in [0.5, 0.6) is 0 Å². The second kappa shape index (κ2) is 8.78. The third-order valence-electron chi connectivity index (χ3n) is 4.79. The molecule has 0 spiro atoms. The summed E-state index contributed by atoms with van der Waals surface area (Å²) in [6.45, 7) is 3.49. The molecule has 170 valence electrons. The van der Waals surface area contributed by atoms with Crippen LogP contribution in [0, 0.1) is 34.1 Å². The van der Waals surface area contributed by atoms with E-state index in [9.17, 15) is 20.2 Å². The second-order valence-electron chi connectivity index (χ2n) is 7.05. The Morgan fingerprint density at radius 3 is 1.74 bits per heavy atom. The fourth-order valence-electron chi connectivity index (χ4n) is 3.06. The van der Waals surface area contributed by atoms with Crippen molar-refractivity contribution in [3.8, 4) is 0 Å². The molecule has 0 unspecified atom stereocenters. The average Bonchev–Trinajstić information content (AvgIpc) is 3.13. The molecule has 0 amide bonds.